The summed E-state index contributed by atoms with van der Waals surface area (Å²) in [5.74, 6) is 6.44. The highest BCUT2D eigenvalue weighted by Gasteiger charge is 2.20. The molecule has 0 radical (unpaired) electrons. The van der Waals surface area contributed by atoms with Gasteiger partial charge in [0.25, 0.3) is 0 Å². The van der Waals surface area contributed by atoms with Crippen molar-refractivity contribution in [3.05, 3.63) is 11.9 Å². The quantitative estimate of drug-likeness (QED) is 0.891. The van der Waals surface area contributed by atoms with E-state index in [9.17, 15) is 0 Å². The predicted octanol–water partition coefficient (Wildman–Crippen LogP) is 3.08. The van der Waals surface area contributed by atoms with E-state index in [4.69, 9.17) is 0 Å². The fourth-order valence-electron chi connectivity index (χ4n) is 1.87. The molecule has 2 rings (SSSR count). The Bertz CT molecular complexity index is 439. The molecule has 1 aromatic rings. The van der Waals surface area contributed by atoms with Crippen LogP contribution in [-0.4, -0.2) is 46.1 Å². The van der Waals surface area contributed by atoms with Crippen LogP contribution in [0.5, 0.6) is 0 Å². The van der Waals surface area contributed by atoms with Gasteiger partial charge in [-0.15, -0.1) is 0 Å². The first kappa shape index (κ1) is 15.8. The molecular formula is C14H24N4S2. The summed E-state index contributed by atoms with van der Waals surface area (Å²) in [6, 6.07) is 1.98. The average molecular weight is 313 g/mol. The fraction of sp³-hybridized carbons (Fsp3) is 0.714. The third-order valence-corrected chi connectivity index (χ3v) is 5.89. The average Bonchev–Trinajstić information content (AvgIpc) is 2.45. The molecule has 0 spiro atoms. The lowest BCUT2D eigenvalue weighted by atomic mass is 9.96. The monoisotopic (exact) mass is 312 g/mol. The Morgan fingerprint density at radius 1 is 1.25 bits per heavy atom. The molecule has 112 valence electrons. The van der Waals surface area contributed by atoms with Crippen LogP contribution in [0, 0.1) is 0 Å². The van der Waals surface area contributed by atoms with Crippen molar-refractivity contribution in [3.8, 4) is 0 Å². The SMILES string of the molecule is CNc1cc(NCC2CSCCS2)nc(C(C)(C)C)n1. The highest BCUT2D eigenvalue weighted by Crippen LogP contribution is 2.25. The van der Waals surface area contributed by atoms with Gasteiger partial charge in [0.2, 0.25) is 0 Å². The number of nitrogens with one attached hydrogen (secondary N) is 2. The van der Waals surface area contributed by atoms with Crippen LogP contribution >= 0.6 is 23.5 Å². The number of thioether (sulfide) groups is 2. The van der Waals surface area contributed by atoms with Crippen molar-refractivity contribution in [1.29, 1.82) is 0 Å². The molecular weight excluding hydrogens is 288 g/mol. The Kier molecular flexibility index (Phi) is 5.43. The molecule has 1 aliphatic rings. The van der Waals surface area contributed by atoms with Crippen LogP contribution in [0.3, 0.4) is 0 Å². The van der Waals surface area contributed by atoms with E-state index in [1.807, 2.05) is 24.9 Å². The molecule has 4 nitrogen and oxygen atoms in total. The fourth-order valence-corrected chi connectivity index (χ4v) is 4.49. The van der Waals surface area contributed by atoms with Crippen molar-refractivity contribution >= 4 is 35.2 Å². The standard InChI is InChI=1S/C14H24N4S2/c1-14(2,3)13-17-11(15-4)7-12(18-13)16-8-10-9-19-5-6-20-10/h7,10H,5-6,8-9H2,1-4H3,(H2,15,16,17,18). The molecule has 2 heterocycles. The van der Waals surface area contributed by atoms with Gasteiger partial charge in [-0.05, 0) is 0 Å². The summed E-state index contributed by atoms with van der Waals surface area (Å²) in [5.41, 5.74) is -0.0429. The van der Waals surface area contributed by atoms with E-state index in [1.165, 1.54) is 17.3 Å². The molecule has 1 atom stereocenters. The first-order valence-corrected chi connectivity index (χ1v) is 9.20. The number of hydrogen-bond donors (Lipinski definition) is 2. The minimum absolute atomic E-state index is 0.0429. The van der Waals surface area contributed by atoms with Gasteiger partial charge in [0.05, 0.1) is 0 Å². The number of hydrogen-bond acceptors (Lipinski definition) is 6. The lowest BCUT2D eigenvalue weighted by molar-refractivity contribution is 0.546. The normalized spacial score (nSPS) is 19.7. The van der Waals surface area contributed by atoms with Crippen molar-refractivity contribution < 1.29 is 0 Å². The first-order chi connectivity index (χ1) is 9.49. The number of rotatable bonds is 4. The molecule has 1 aromatic heterocycles. The van der Waals surface area contributed by atoms with Gasteiger partial charge < -0.3 is 10.6 Å². The third-order valence-electron chi connectivity index (χ3n) is 3.05. The van der Waals surface area contributed by atoms with E-state index in [1.54, 1.807) is 0 Å². The Morgan fingerprint density at radius 2 is 2.00 bits per heavy atom. The zero-order valence-electron chi connectivity index (χ0n) is 12.7. The molecule has 20 heavy (non-hydrogen) atoms. The molecule has 6 heteroatoms. The van der Waals surface area contributed by atoms with Gasteiger partial charge in [0, 0.05) is 47.6 Å². The third kappa shape index (κ3) is 4.45. The van der Waals surface area contributed by atoms with Gasteiger partial charge in [-0.2, -0.15) is 23.5 Å². The van der Waals surface area contributed by atoms with Crippen molar-refractivity contribution in [1.82, 2.24) is 9.97 Å². The van der Waals surface area contributed by atoms with Gasteiger partial charge >= 0.3 is 0 Å². The van der Waals surface area contributed by atoms with Crippen LogP contribution in [0.2, 0.25) is 0 Å². The number of aromatic nitrogens is 2. The molecule has 2 N–H and O–H groups in total. The molecule has 0 amide bonds. The summed E-state index contributed by atoms with van der Waals surface area (Å²) < 4.78 is 0. The molecule has 1 fully saturated rings. The van der Waals surface area contributed by atoms with Gasteiger partial charge in [0.15, 0.2) is 0 Å². The summed E-state index contributed by atoms with van der Waals surface area (Å²) >= 11 is 4.11. The van der Waals surface area contributed by atoms with E-state index in [-0.39, 0.29) is 5.41 Å². The number of nitrogens with zero attached hydrogens (tertiary/aromatic N) is 2. The van der Waals surface area contributed by atoms with Crippen LogP contribution in [0.25, 0.3) is 0 Å². The van der Waals surface area contributed by atoms with Gasteiger partial charge in [-0.25, -0.2) is 9.97 Å². The lowest BCUT2D eigenvalue weighted by Crippen LogP contribution is -2.24. The maximum Gasteiger partial charge on any atom is 0.138 e. The minimum atomic E-state index is -0.0429. The summed E-state index contributed by atoms with van der Waals surface area (Å²) in [6.07, 6.45) is 0. The zero-order chi connectivity index (χ0) is 14.6. The maximum atomic E-state index is 4.66. The molecule has 0 saturated carbocycles. The van der Waals surface area contributed by atoms with Crippen molar-refractivity contribution in [2.75, 3.05) is 41.5 Å². The summed E-state index contributed by atoms with van der Waals surface area (Å²) in [4.78, 5) is 9.21. The molecule has 1 unspecified atom stereocenters. The smallest absolute Gasteiger partial charge is 0.138 e. The Balaban J connectivity index is 2.06. The van der Waals surface area contributed by atoms with Gasteiger partial charge in [-0.1, -0.05) is 20.8 Å². The van der Waals surface area contributed by atoms with E-state index in [0.717, 1.165) is 24.0 Å². The first-order valence-electron chi connectivity index (χ1n) is 6.99. The van der Waals surface area contributed by atoms with Crippen molar-refractivity contribution in [3.63, 3.8) is 0 Å². The van der Waals surface area contributed by atoms with E-state index in [0.29, 0.717) is 5.25 Å². The summed E-state index contributed by atoms with van der Waals surface area (Å²) in [5, 5.41) is 7.27. The maximum absolute atomic E-state index is 4.66. The Hall–Kier alpha value is -0.620. The van der Waals surface area contributed by atoms with Crippen molar-refractivity contribution in [2.24, 2.45) is 0 Å². The Labute approximate surface area is 130 Å². The highest BCUT2D eigenvalue weighted by molar-refractivity contribution is 8.06. The van der Waals surface area contributed by atoms with Crippen LogP contribution < -0.4 is 10.6 Å². The summed E-state index contributed by atoms with van der Waals surface area (Å²) in [7, 11) is 1.90. The van der Waals surface area contributed by atoms with Crippen LogP contribution in [0.1, 0.15) is 26.6 Å². The van der Waals surface area contributed by atoms with Crippen LogP contribution in [0.4, 0.5) is 11.6 Å². The van der Waals surface area contributed by atoms with E-state index in [2.05, 4.69) is 53.1 Å². The molecule has 0 aromatic carbocycles. The molecule has 0 bridgehead atoms. The lowest BCUT2D eigenvalue weighted by Gasteiger charge is -2.22. The van der Waals surface area contributed by atoms with Gasteiger partial charge in [-0.3, -0.25) is 0 Å². The number of anilines is 2. The molecule has 0 aliphatic carbocycles. The highest BCUT2D eigenvalue weighted by atomic mass is 32.2. The second-order valence-electron chi connectivity index (χ2n) is 5.91. The largest absolute Gasteiger partial charge is 0.373 e. The second-order valence-corrected chi connectivity index (χ2v) is 8.47. The summed E-state index contributed by atoms with van der Waals surface area (Å²) in [6.45, 7) is 7.39. The van der Waals surface area contributed by atoms with E-state index < -0.39 is 0 Å². The predicted molar refractivity (Wildman–Crippen MR) is 92.3 cm³/mol. The zero-order valence-corrected chi connectivity index (χ0v) is 14.3. The molecule has 1 aliphatic heterocycles. The topological polar surface area (TPSA) is 49.8 Å². The second kappa shape index (κ2) is 6.89. The minimum Gasteiger partial charge on any atom is -0.373 e. The van der Waals surface area contributed by atoms with Crippen LogP contribution in [-0.2, 0) is 5.41 Å². The van der Waals surface area contributed by atoms with Gasteiger partial charge in [0.1, 0.15) is 17.5 Å². The van der Waals surface area contributed by atoms with Crippen molar-refractivity contribution in [2.45, 2.75) is 31.4 Å². The van der Waals surface area contributed by atoms with E-state index >= 15 is 0 Å². The Morgan fingerprint density at radius 3 is 2.60 bits per heavy atom. The molecule has 1 saturated heterocycles. The van der Waals surface area contributed by atoms with Crippen LogP contribution in [0.15, 0.2) is 6.07 Å².